The summed E-state index contributed by atoms with van der Waals surface area (Å²) in [5.41, 5.74) is -0.739. The summed E-state index contributed by atoms with van der Waals surface area (Å²) in [6, 6.07) is 2.22. The van der Waals surface area contributed by atoms with E-state index in [9.17, 15) is 13.2 Å². The predicted molar refractivity (Wildman–Crippen MR) is 51.4 cm³/mol. The minimum atomic E-state index is -4.44. The molecule has 0 atom stereocenters. The van der Waals surface area contributed by atoms with Gasteiger partial charge >= 0.3 is 6.18 Å². The lowest BCUT2D eigenvalue weighted by Crippen LogP contribution is -2.12. The highest BCUT2D eigenvalue weighted by atomic mass is 19.4. The molecule has 1 aliphatic heterocycles. The third-order valence-electron chi connectivity index (χ3n) is 2.42. The first kappa shape index (κ1) is 12.0. The Labute approximate surface area is 95.0 Å². The minimum Gasteiger partial charge on any atom is -0.454 e. The van der Waals surface area contributed by atoms with E-state index in [0.29, 0.717) is 5.75 Å². The van der Waals surface area contributed by atoms with Crippen LogP contribution in [0.25, 0.3) is 0 Å². The highest BCUT2D eigenvalue weighted by Crippen LogP contribution is 2.43. The number of hydrogen-bond acceptors (Lipinski definition) is 4. The van der Waals surface area contributed by atoms with Gasteiger partial charge in [0.15, 0.2) is 11.5 Å². The van der Waals surface area contributed by atoms with Crippen molar-refractivity contribution in [2.24, 2.45) is 5.90 Å². The van der Waals surface area contributed by atoms with Gasteiger partial charge in [-0.15, -0.1) is 0 Å². The third kappa shape index (κ3) is 2.29. The zero-order chi connectivity index (χ0) is 12.5. The van der Waals surface area contributed by atoms with Crippen molar-refractivity contribution in [1.82, 2.24) is 0 Å². The fraction of sp³-hybridized carbons (Fsp3) is 0.400. The Balaban J connectivity index is 2.45. The van der Waals surface area contributed by atoms with Crippen LogP contribution in [0.2, 0.25) is 0 Å². The summed E-state index contributed by atoms with van der Waals surface area (Å²) < 4.78 is 48.4. The van der Waals surface area contributed by atoms with Crippen molar-refractivity contribution in [2.45, 2.75) is 12.6 Å². The molecule has 17 heavy (non-hydrogen) atoms. The Hall–Kier alpha value is -1.47. The lowest BCUT2D eigenvalue weighted by atomic mass is 10.0. The van der Waals surface area contributed by atoms with Gasteiger partial charge in [0.05, 0.1) is 12.2 Å². The second-order valence-electron chi connectivity index (χ2n) is 3.44. The molecule has 0 fully saturated rings. The number of hydrogen-bond donors (Lipinski definition) is 1. The maximum absolute atomic E-state index is 12.8. The van der Waals surface area contributed by atoms with E-state index in [1.54, 1.807) is 0 Å². The van der Waals surface area contributed by atoms with E-state index in [1.165, 1.54) is 6.07 Å². The van der Waals surface area contributed by atoms with E-state index in [4.69, 9.17) is 15.4 Å². The second-order valence-corrected chi connectivity index (χ2v) is 3.44. The molecule has 0 amide bonds. The molecule has 1 aromatic rings. The van der Waals surface area contributed by atoms with Gasteiger partial charge in [0.2, 0.25) is 6.79 Å². The number of fused-ring (bicyclic) bond motifs is 1. The summed E-state index contributed by atoms with van der Waals surface area (Å²) in [7, 11) is 0. The van der Waals surface area contributed by atoms with Gasteiger partial charge in [-0.25, -0.2) is 5.90 Å². The molecular formula is C10H10F3NO3. The van der Waals surface area contributed by atoms with Gasteiger partial charge in [-0.2, -0.15) is 13.2 Å². The summed E-state index contributed by atoms with van der Waals surface area (Å²) >= 11 is 0. The van der Waals surface area contributed by atoms with E-state index >= 15 is 0 Å². The molecule has 2 N–H and O–H groups in total. The fourth-order valence-electron chi connectivity index (χ4n) is 1.70. The van der Waals surface area contributed by atoms with E-state index in [2.05, 4.69) is 4.84 Å². The molecule has 1 aromatic carbocycles. The molecule has 7 heteroatoms. The molecule has 0 saturated carbocycles. The highest BCUT2D eigenvalue weighted by molar-refractivity contribution is 5.53. The molecule has 2 rings (SSSR count). The largest absolute Gasteiger partial charge is 0.454 e. The van der Waals surface area contributed by atoms with Crippen LogP contribution in [0.1, 0.15) is 11.1 Å². The zero-order valence-corrected chi connectivity index (χ0v) is 8.71. The molecule has 0 aromatic heterocycles. The van der Waals surface area contributed by atoms with Gasteiger partial charge in [-0.3, -0.25) is 0 Å². The Bertz CT molecular complexity index is 420. The van der Waals surface area contributed by atoms with E-state index in [0.717, 1.165) is 6.07 Å². The minimum absolute atomic E-state index is 0.0118. The smallest absolute Gasteiger partial charge is 0.416 e. The lowest BCUT2D eigenvalue weighted by Gasteiger charge is -2.14. The van der Waals surface area contributed by atoms with Gasteiger partial charge in [-0.05, 0) is 12.1 Å². The maximum atomic E-state index is 12.8. The summed E-state index contributed by atoms with van der Waals surface area (Å²) in [5, 5.41) is 0. The molecule has 4 nitrogen and oxygen atoms in total. The van der Waals surface area contributed by atoms with Gasteiger partial charge in [0, 0.05) is 12.0 Å². The molecule has 0 spiro atoms. The number of rotatable bonds is 3. The Morgan fingerprint density at radius 2 is 2.06 bits per heavy atom. The van der Waals surface area contributed by atoms with Crippen LogP contribution in [0.4, 0.5) is 13.2 Å². The van der Waals surface area contributed by atoms with Crippen LogP contribution in [-0.2, 0) is 17.4 Å². The van der Waals surface area contributed by atoms with Gasteiger partial charge in [0.25, 0.3) is 0 Å². The second kappa shape index (κ2) is 4.42. The van der Waals surface area contributed by atoms with E-state index in [1.807, 2.05) is 0 Å². The van der Waals surface area contributed by atoms with Crippen LogP contribution in [0, 0.1) is 0 Å². The van der Waals surface area contributed by atoms with Gasteiger partial charge in [-0.1, -0.05) is 0 Å². The fourth-order valence-corrected chi connectivity index (χ4v) is 1.70. The van der Waals surface area contributed by atoms with Crippen molar-refractivity contribution < 1.29 is 27.5 Å². The first-order valence-corrected chi connectivity index (χ1v) is 4.84. The Kier molecular flexibility index (Phi) is 3.12. The highest BCUT2D eigenvalue weighted by Gasteiger charge is 2.36. The van der Waals surface area contributed by atoms with Crippen molar-refractivity contribution in [3.8, 4) is 11.5 Å². The van der Waals surface area contributed by atoms with Crippen LogP contribution in [0.3, 0.4) is 0 Å². The normalized spacial score (nSPS) is 14.1. The van der Waals surface area contributed by atoms with Crippen LogP contribution in [0.5, 0.6) is 11.5 Å². The Morgan fingerprint density at radius 1 is 1.29 bits per heavy atom. The van der Waals surface area contributed by atoms with Crippen molar-refractivity contribution in [1.29, 1.82) is 0 Å². The Morgan fingerprint density at radius 3 is 2.71 bits per heavy atom. The molecule has 94 valence electrons. The maximum Gasteiger partial charge on any atom is 0.416 e. The van der Waals surface area contributed by atoms with E-state index < -0.39 is 11.7 Å². The summed E-state index contributed by atoms with van der Waals surface area (Å²) in [4.78, 5) is 4.31. The van der Waals surface area contributed by atoms with Crippen molar-refractivity contribution in [2.75, 3.05) is 13.4 Å². The molecular weight excluding hydrogens is 239 g/mol. The van der Waals surface area contributed by atoms with Crippen LogP contribution in [-0.4, -0.2) is 13.4 Å². The van der Waals surface area contributed by atoms with Crippen LogP contribution in [0.15, 0.2) is 12.1 Å². The van der Waals surface area contributed by atoms with Crippen molar-refractivity contribution >= 4 is 0 Å². The van der Waals surface area contributed by atoms with Gasteiger partial charge < -0.3 is 14.3 Å². The average molecular weight is 249 g/mol. The predicted octanol–water partition coefficient (Wildman–Crippen LogP) is 1.87. The summed E-state index contributed by atoms with van der Waals surface area (Å²) in [6.07, 6.45) is -4.43. The zero-order valence-electron chi connectivity index (χ0n) is 8.71. The van der Waals surface area contributed by atoms with Crippen molar-refractivity contribution in [3.63, 3.8) is 0 Å². The standard InChI is InChI=1S/C10H10F3NO3/c11-10(12,13)7-1-2-8-9(16-5-15-8)6(7)3-4-17-14/h1-2H,3-5,14H2. The first-order valence-electron chi connectivity index (χ1n) is 4.84. The van der Waals surface area contributed by atoms with Crippen LogP contribution < -0.4 is 15.4 Å². The first-order chi connectivity index (χ1) is 8.04. The number of halogens is 3. The number of nitrogens with two attached hydrogens (primary N) is 1. The molecule has 0 radical (unpaired) electrons. The summed E-state index contributed by atoms with van der Waals surface area (Å²) in [6.45, 7) is -0.101. The van der Waals surface area contributed by atoms with E-state index in [-0.39, 0.29) is 31.1 Å². The van der Waals surface area contributed by atoms with Crippen LogP contribution >= 0.6 is 0 Å². The molecule has 0 saturated heterocycles. The molecule has 0 aliphatic carbocycles. The number of benzene rings is 1. The number of alkyl halides is 3. The van der Waals surface area contributed by atoms with Crippen molar-refractivity contribution in [3.05, 3.63) is 23.3 Å². The topological polar surface area (TPSA) is 53.7 Å². The molecule has 1 aliphatic rings. The monoisotopic (exact) mass is 249 g/mol. The third-order valence-corrected chi connectivity index (χ3v) is 2.42. The summed E-state index contributed by atoms with van der Waals surface area (Å²) in [5.74, 6) is 5.26. The van der Waals surface area contributed by atoms with Gasteiger partial charge in [0.1, 0.15) is 0 Å². The quantitative estimate of drug-likeness (QED) is 0.831. The molecule has 0 unspecified atom stereocenters. The molecule has 0 bridgehead atoms. The lowest BCUT2D eigenvalue weighted by molar-refractivity contribution is -0.138. The molecule has 1 heterocycles. The SMILES string of the molecule is NOCCc1c(C(F)(F)F)ccc2c1OCO2. The average Bonchev–Trinajstić information content (AvgIpc) is 2.72. The number of ether oxygens (including phenoxy) is 2.